The van der Waals surface area contributed by atoms with Gasteiger partial charge >= 0.3 is 0 Å². The zero-order chi connectivity index (χ0) is 19.3. The molecule has 0 fully saturated rings. The molecule has 2 aromatic heterocycles. The number of amides is 1. The number of aliphatic hydroxyl groups excluding tert-OH is 1. The predicted molar refractivity (Wildman–Crippen MR) is 99.6 cm³/mol. The van der Waals surface area contributed by atoms with Gasteiger partial charge in [-0.15, -0.1) is 0 Å². The van der Waals surface area contributed by atoms with Crippen LogP contribution in [0.1, 0.15) is 17.5 Å². The second-order valence-corrected chi connectivity index (χ2v) is 8.14. The zero-order valence-corrected chi connectivity index (χ0v) is 15.5. The van der Waals surface area contributed by atoms with E-state index in [9.17, 15) is 18.3 Å². The maximum Gasteiger partial charge on any atom is 0.246 e. The lowest BCUT2D eigenvalue weighted by Crippen LogP contribution is -2.51. The van der Waals surface area contributed by atoms with Gasteiger partial charge in [0, 0.05) is 23.6 Å². The van der Waals surface area contributed by atoms with E-state index in [4.69, 9.17) is 0 Å². The van der Waals surface area contributed by atoms with Crippen molar-refractivity contribution < 1.29 is 18.3 Å². The molecule has 1 aliphatic heterocycles. The lowest BCUT2D eigenvalue weighted by molar-refractivity contribution is -0.120. The lowest BCUT2D eigenvalue weighted by Gasteiger charge is -2.29. The molecule has 0 spiro atoms. The Kier molecular flexibility index (Phi) is 4.02. The van der Waals surface area contributed by atoms with Crippen molar-refractivity contribution >= 4 is 32.7 Å². The topological polar surface area (TPSA) is 113 Å². The summed E-state index contributed by atoms with van der Waals surface area (Å²) in [4.78, 5) is 16.8. The number of pyridine rings is 1. The molecule has 140 valence electrons. The number of carbonyl (C=O) groups is 1. The van der Waals surface area contributed by atoms with Crippen LogP contribution in [0.15, 0.2) is 47.4 Å². The maximum absolute atomic E-state index is 12.8. The van der Waals surface area contributed by atoms with Gasteiger partial charge in [-0.1, -0.05) is 24.3 Å². The Bertz CT molecular complexity index is 1170. The van der Waals surface area contributed by atoms with Crippen LogP contribution < -0.4 is 10.0 Å². The zero-order valence-electron chi connectivity index (χ0n) is 14.7. The number of hydrogen-bond acceptors (Lipinski definition) is 5. The molecular weight excluding hydrogens is 368 g/mol. The van der Waals surface area contributed by atoms with Gasteiger partial charge in [0.25, 0.3) is 0 Å². The van der Waals surface area contributed by atoms with E-state index in [2.05, 4.69) is 15.0 Å². The average Bonchev–Trinajstić information content (AvgIpc) is 2.93. The number of aryl methyl sites for hydroxylation is 2. The minimum atomic E-state index is -3.99. The average molecular weight is 386 g/mol. The van der Waals surface area contributed by atoms with E-state index in [0.29, 0.717) is 16.6 Å². The minimum Gasteiger partial charge on any atom is -0.385 e. The van der Waals surface area contributed by atoms with Crippen LogP contribution >= 0.6 is 0 Å². The number of para-hydroxylation sites is 1. The van der Waals surface area contributed by atoms with Crippen molar-refractivity contribution in [3.8, 4) is 0 Å². The molecule has 27 heavy (non-hydrogen) atoms. The fourth-order valence-corrected chi connectivity index (χ4v) is 5.14. The van der Waals surface area contributed by atoms with Crippen LogP contribution in [0.3, 0.4) is 0 Å². The lowest BCUT2D eigenvalue weighted by atomic mass is 10.1. The number of aromatic nitrogens is 2. The van der Waals surface area contributed by atoms with E-state index >= 15 is 0 Å². The third-order valence-electron chi connectivity index (χ3n) is 4.67. The van der Waals surface area contributed by atoms with Crippen LogP contribution in [-0.2, 0) is 21.9 Å². The van der Waals surface area contributed by atoms with Gasteiger partial charge in [-0.2, -0.15) is 4.72 Å². The molecule has 0 bridgehead atoms. The molecule has 9 heteroatoms. The van der Waals surface area contributed by atoms with Crippen molar-refractivity contribution in [1.29, 1.82) is 0 Å². The van der Waals surface area contributed by atoms with Crippen molar-refractivity contribution in [2.75, 3.05) is 5.32 Å². The summed E-state index contributed by atoms with van der Waals surface area (Å²) in [6, 6.07) is 10.7. The SMILES string of the molecule is Cc1cccc(NC(=O)C2NS(=O)(=O)c3c(n(C)c4ccccc34)C2O)n1. The Morgan fingerprint density at radius 3 is 2.70 bits per heavy atom. The van der Waals surface area contributed by atoms with Crippen molar-refractivity contribution in [3.05, 3.63) is 53.9 Å². The summed E-state index contributed by atoms with van der Waals surface area (Å²) in [7, 11) is -2.32. The standard InChI is InChI=1S/C18H18N4O4S/c1-10-6-5-9-13(19-10)20-18(24)14-16(23)15-17(27(25,26)21-14)11-7-3-4-8-12(11)22(15)2/h3-9,14,16,21,23H,1-2H3,(H,19,20,24). The van der Waals surface area contributed by atoms with Crippen molar-refractivity contribution in [1.82, 2.24) is 14.3 Å². The normalized spacial score (nSPS) is 21.0. The molecule has 2 atom stereocenters. The monoisotopic (exact) mass is 386 g/mol. The van der Waals surface area contributed by atoms with Crippen molar-refractivity contribution in [2.45, 2.75) is 24.0 Å². The second kappa shape index (κ2) is 6.15. The highest BCUT2D eigenvalue weighted by Crippen LogP contribution is 2.38. The van der Waals surface area contributed by atoms with Gasteiger partial charge in [0.2, 0.25) is 15.9 Å². The molecule has 3 N–H and O–H groups in total. The summed E-state index contributed by atoms with van der Waals surface area (Å²) in [6.07, 6.45) is -1.34. The first kappa shape index (κ1) is 17.7. The predicted octanol–water partition coefficient (Wildman–Crippen LogP) is 1.21. The molecule has 1 aliphatic rings. The number of hydrogen-bond donors (Lipinski definition) is 3. The van der Waals surface area contributed by atoms with E-state index in [-0.39, 0.29) is 16.4 Å². The number of rotatable bonds is 2. The number of fused-ring (bicyclic) bond motifs is 3. The molecule has 2 unspecified atom stereocenters. The molecule has 0 saturated heterocycles. The number of sulfonamides is 1. The summed E-state index contributed by atoms with van der Waals surface area (Å²) in [5.41, 5.74) is 1.55. The summed E-state index contributed by atoms with van der Waals surface area (Å²) in [5.74, 6) is -0.394. The molecule has 0 saturated carbocycles. The fraction of sp³-hybridized carbons (Fsp3) is 0.222. The van der Waals surface area contributed by atoms with Gasteiger partial charge in [0.05, 0.1) is 5.69 Å². The van der Waals surface area contributed by atoms with E-state index in [1.54, 1.807) is 61.0 Å². The Morgan fingerprint density at radius 2 is 1.96 bits per heavy atom. The van der Waals surface area contributed by atoms with Crippen molar-refractivity contribution in [3.63, 3.8) is 0 Å². The summed E-state index contributed by atoms with van der Waals surface area (Å²) in [5, 5.41) is 13.9. The number of nitrogens with zero attached hydrogens (tertiary/aromatic N) is 2. The first-order valence-corrected chi connectivity index (χ1v) is 9.80. The minimum absolute atomic E-state index is 0.00540. The van der Waals surface area contributed by atoms with E-state index < -0.39 is 28.1 Å². The van der Waals surface area contributed by atoms with Crippen LogP contribution in [0.4, 0.5) is 5.82 Å². The number of benzene rings is 1. The highest BCUT2D eigenvalue weighted by Gasteiger charge is 2.44. The van der Waals surface area contributed by atoms with E-state index in [1.807, 2.05) is 0 Å². The number of aliphatic hydroxyl groups is 1. The largest absolute Gasteiger partial charge is 0.385 e. The van der Waals surface area contributed by atoms with Gasteiger partial charge in [0.1, 0.15) is 22.9 Å². The Morgan fingerprint density at radius 1 is 1.22 bits per heavy atom. The van der Waals surface area contributed by atoms with Crippen LogP contribution in [0.2, 0.25) is 0 Å². The first-order chi connectivity index (χ1) is 12.8. The molecule has 1 aromatic carbocycles. The third-order valence-corrected chi connectivity index (χ3v) is 6.20. The molecule has 0 radical (unpaired) electrons. The Balaban J connectivity index is 1.78. The van der Waals surface area contributed by atoms with Gasteiger partial charge in [-0.05, 0) is 25.1 Å². The smallest absolute Gasteiger partial charge is 0.246 e. The van der Waals surface area contributed by atoms with Gasteiger partial charge in [-0.25, -0.2) is 13.4 Å². The Labute approximate surface area is 155 Å². The highest BCUT2D eigenvalue weighted by molar-refractivity contribution is 7.90. The van der Waals surface area contributed by atoms with E-state index in [0.717, 1.165) is 0 Å². The number of carbonyl (C=O) groups excluding carboxylic acids is 1. The summed E-state index contributed by atoms with van der Waals surface area (Å²) < 4.78 is 29.6. The fourth-order valence-electron chi connectivity index (χ4n) is 3.46. The maximum atomic E-state index is 12.8. The third kappa shape index (κ3) is 2.80. The molecule has 4 rings (SSSR count). The highest BCUT2D eigenvalue weighted by atomic mass is 32.2. The second-order valence-electron chi connectivity index (χ2n) is 6.49. The van der Waals surface area contributed by atoms with Gasteiger partial charge in [-0.3, -0.25) is 4.79 Å². The van der Waals surface area contributed by atoms with E-state index in [1.165, 1.54) is 0 Å². The molecule has 1 amide bonds. The van der Waals surface area contributed by atoms with Crippen LogP contribution in [0, 0.1) is 6.92 Å². The number of nitrogens with one attached hydrogen (secondary N) is 2. The first-order valence-electron chi connectivity index (χ1n) is 8.32. The quantitative estimate of drug-likeness (QED) is 0.613. The molecule has 3 aromatic rings. The van der Waals surface area contributed by atoms with Gasteiger partial charge < -0.3 is 15.0 Å². The molecule has 0 aliphatic carbocycles. The van der Waals surface area contributed by atoms with Crippen LogP contribution in [0.5, 0.6) is 0 Å². The molecular formula is C18H18N4O4S. The molecule has 8 nitrogen and oxygen atoms in total. The van der Waals surface area contributed by atoms with Crippen LogP contribution in [-0.4, -0.2) is 35.0 Å². The Hall–Kier alpha value is -2.75. The summed E-state index contributed by atoms with van der Waals surface area (Å²) in [6.45, 7) is 1.77. The number of anilines is 1. The van der Waals surface area contributed by atoms with Gasteiger partial charge in [0.15, 0.2) is 0 Å². The summed E-state index contributed by atoms with van der Waals surface area (Å²) >= 11 is 0. The van der Waals surface area contributed by atoms with Crippen molar-refractivity contribution in [2.24, 2.45) is 7.05 Å². The molecule has 3 heterocycles. The van der Waals surface area contributed by atoms with Crippen LogP contribution in [0.25, 0.3) is 10.9 Å².